The zero-order valence-electron chi connectivity index (χ0n) is 22.0. The number of para-hydroxylation sites is 1. The first-order chi connectivity index (χ1) is 18.1. The van der Waals surface area contributed by atoms with Crippen LogP contribution in [-0.2, 0) is 20.7 Å². The largest absolute Gasteiger partial charge is 0.465 e. The van der Waals surface area contributed by atoms with Crippen molar-refractivity contribution in [2.24, 2.45) is 0 Å². The third kappa shape index (κ3) is 5.08. The van der Waals surface area contributed by atoms with Crippen LogP contribution in [0.1, 0.15) is 45.4 Å². The summed E-state index contributed by atoms with van der Waals surface area (Å²) < 4.78 is 6.82. The fraction of sp³-hybridized carbons (Fsp3) is 0.241. The molecule has 1 fully saturated rings. The first-order valence-corrected chi connectivity index (χ1v) is 12.2. The van der Waals surface area contributed by atoms with Gasteiger partial charge in [-0.05, 0) is 80.3 Å². The summed E-state index contributed by atoms with van der Waals surface area (Å²) in [7, 11) is 1.34. The van der Waals surface area contributed by atoms with Gasteiger partial charge < -0.3 is 19.9 Å². The standard InChI is InChI=1S/C29H30N4O5/c1-6-20-9-7-8-10-23(20)30-26(34)16-32-27(35)24(31-29(32)37)15-22-14-18(3)33(19(22)4)25-12-11-21(13-17(25)2)28(36)38-5/h7-15H,6,16H2,1-5H3,(H,30,34)(H,31,37)/b24-15+. The van der Waals surface area contributed by atoms with E-state index in [0.717, 1.165) is 45.1 Å². The van der Waals surface area contributed by atoms with Crippen LogP contribution in [0.25, 0.3) is 11.8 Å². The van der Waals surface area contributed by atoms with Crippen molar-refractivity contribution in [3.63, 3.8) is 0 Å². The molecule has 2 aromatic carbocycles. The average Bonchev–Trinajstić information content (AvgIpc) is 3.32. The number of methoxy groups -OCH3 is 1. The fourth-order valence-electron chi connectivity index (χ4n) is 4.61. The summed E-state index contributed by atoms with van der Waals surface area (Å²) in [5.41, 5.74) is 6.42. The Morgan fingerprint density at radius 3 is 2.47 bits per heavy atom. The van der Waals surface area contributed by atoms with E-state index in [1.165, 1.54) is 7.11 Å². The first kappa shape index (κ1) is 26.4. The second-order valence-corrected chi connectivity index (χ2v) is 9.09. The molecule has 1 saturated heterocycles. The van der Waals surface area contributed by atoms with Crippen molar-refractivity contribution in [2.75, 3.05) is 19.0 Å². The van der Waals surface area contributed by atoms with E-state index in [4.69, 9.17) is 4.74 Å². The van der Waals surface area contributed by atoms with E-state index in [-0.39, 0.29) is 5.70 Å². The van der Waals surface area contributed by atoms with Crippen molar-refractivity contribution in [3.05, 3.63) is 87.9 Å². The van der Waals surface area contributed by atoms with Gasteiger partial charge in [0.2, 0.25) is 5.91 Å². The molecular formula is C29H30N4O5. The predicted octanol–water partition coefficient (Wildman–Crippen LogP) is 4.28. The predicted molar refractivity (Wildman–Crippen MR) is 144 cm³/mol. The van der Waals surface area contributed by atoms with Crippen LogP contribution in [0.3, 0.4) is 0 Å². The van der Waals surface area contributed by atoms with Gasteiger partial charge in [-0.1, -0.05) is 25.1 Å². The Balaban J connectivity index is 1.55. The lowest BCUT2D eigenvalue weighted by atomic mass is 10.1. The number of nitrogens with zero attached hydrogens (tertiary/aromatic N) is 2. The van der Waals surface area contributed by atoms with Crippen molar-refractivity contribution >= 4 is 35.6 Å². The first-order valence-electron chi connectivity index (χ1n) is 12.2. The zero-order valence-corrected chi connectivity index (χ0v) is 22.0. The second-order valence-electron chi connectivity index (χ2n) is 9.09. The van der Waals surface area contributed by atoms with Crippen LogP contribution in [-0.4, -0.2) is 46.9 Å². The number of esters is 1. The fourth-order valence-corrected chi connectivity index (χ4v) is 4.61. The van der Waals surface area contributed by atoms with Crippen LogP contribution in [0, 0.1) is 20.8 Å². The number of hydrogen-bond acceptors (Lipinski definition) is 5. The molecule has 1 aliphatic rings. The van der Waals surface area contributed by atoms with Gasteiger partial charge in [0.25, 0.3) is 5.91 Å². The molecule has 1 aliphatic heterocycles. The van der Waals surface area contributed by atoms with Gasteiger partial charge in [-0.15, -0.1) is 0 Å². The Labute approximate surface area is 221 Å². The molecule has 0 radical (unpaired) electrons. The highest BCUT2D eigenvalue weighted by molar-refractivity contribution is 6.16. The summed E-state index contributed by atoms with van der Waals surface area (Å²) in [5, 5.41) is 5.37. The number of nitrogens with one attached hydrogen (secondary N) is 2. The van der Waals surface area contributed by atoms with Crippen LogP contribution in [0.15, 0.2) is 54.2 Å². The second kappa shape index (κ2) is 10.8. The summed E-state index contributed by atoms with van der Waals surface area (Å²) in [6.45, 7) is 7.33. The number of urea groups is 1. The lowest BCUT2D eigenvalue weighted by Gasteiger charge is -2.14. The minimum Gasteiger partial charge on any atom is -0.465 e. The van der Waals surface area contributed by atoms with Crippen molar-refractivity contribution in [2.45, 2.75) is 34.1 Å². The third-order valence-electron chi connectivity index (χ3n) is 6.57. The lowest BCUT2D eigenvalue weighted by Crippen LogP contribution is -2.38. The van der Waals surface area contributed by atoms with Gasteiger partial charge in [0.15, 0.2) is 0 Å². The molecule has 0 saturated carbocycles. The van der Waals surface area contributed by atoms with E-state index in [2.05, 4.69) is 10.6 Å². The van der Waals surface area contributed by atoms with Gasteiger partial charge >= 0.3 is 12.0 Å². The Bertz CT molecular complexity index is 1480. The van der Waals surface area contributed by atoms with Crippen molar-refractivity contribution in [3.8, 4) is 5.69 Å². The molecule has 4 rings (SSSR count). The number of rotatable bonds is 7. The number of carbonyl (C=O) groups is 4. The van der Waals surface area contributed by atoms with Crippen molar-refractivity contribution < 1.29 is 23.9 Å². The summed E-state index contributed by atoms with van der Waals surface area (Å²) in [6.07, 6.45) is 2.35. The maximum Gasteiger partial charge on any atom is 0.337 e. The maximum absolute atomic E-state index is 13.0. The number of anilines is 1. The van der Waals surface area contributed by atoms with E-state index in [9.17, 15) is 19.2 Å². The van der Waals surface area contributed by atoms with Crippen molar-refractivity contribution in [1.29, 1.82) is 0 Å². The molecule has 2 heterocycles. The average molecular weight is 515 g/mol. The summed E-state index contributed by atoms with van der Waals surface area (Å²) in [6, 6.07) is 14.0. The Morgan fingerprint density at radius 1 is 1.05 bits per heavy atom. The minimum atomic E-state index is -0.650. The van der Waals surface area contributed by atoms with Gasteiger partial charge in [0, 0.05) is 22.8 Å². The number of benzene rings is 2. The number of imide groups is 1. The van der Waals surface area contributed by atoms with Gasteiger partial charge in [-0.25, -0.2) is 14.5 Å². The van der Waals surface area contributed by atoms with Gasteiger partial charge in [-0.3, -0.25) is 9.59 Å². The third-order valence-corrected chi connectivity index (χ3v) is 6.57. The number of amides is 4. The Kier molecular flexibility index (Phi) is 7.47. The van der Waals surface area contributed by atoms with E-state index in [0.29, 0.717) is 11.3 Å². The van der Waals surface area contributed by atoms with Gasteiger partial charge in [-0.2, -0.15) is 0 Å². The molecule has 1 aromatic heterocycles. The number of carbonyl (C=O) groups excluding carboxylic acids is 4. The van der Waals surface area contributed by atoms with Crippen LogP contribution in [0.5, 0.6) is 0 Å². The monoisotopic (exact) mass is 514 g/mol. The molecule has 9 nitrogen and oxygen atoms in total. The highest BCUT2D eigenvalue weighted by Gasteiger charge is 2.35. The van der Waals surface area contributed by atoms with Gasteiger partial charge in [0.1, 0.15) is 12.2 Å². The van der Waals surface area contributed by atoms with Gasteiger partial charge in [0.05, 0.1) is 12.7 Å². The smallest absolute Gasteiger partial charge is 0.337 e. The summed E-state index contributed by atoms with van der Waals surface area (Å²) in [4.78, 5) is 51.0. The highest BCUT2D eigenvalue weighted by Crippen LogP contribution is 2.26. The van der Waals surface area contributed by atoms with Crippen molar-refractivity contribution in [1.82, 2.24) is 14.8 Å². The van der Waals surface area contributed by atoms with E-state index >= 15 is 0 Å². The van der Waals surface area contributed by atoms with Crippen LogP contribution in [0.4, 0.5) is 10.5 Å². The van der Waals surface area contributed by atoms with E-state index in [1.807, 2.05) is 62.6 Å². The highest BCUT2D eigenvalue weighted by atomic mass is 16.5. The van der Waals surface area contributed by atoms with Crippen LogP contribution < -0.4 is 10.6 Å². The molecule has 0 atom stereocenters. The Morgan fingerprint density at radius 2 is 1.79 bits per heavy atom. The lowest BCUT2D eigenvalue weighted by molar-refractivity contribution is -0.127. The molecule has 9 heteroatoms. The molecule has 0 spiro atoms. The molecule has 2 N–H and O–H groups in total. The summed E-state index contributed by atoms with van der Waals surface area (Å²) >= 11 is 0. The number of ether oxygens (including phenoxy) is 1. The normalized spacial score (nSPS) is 14.1. The number of aryl methyl sites for hydroxylation is 3. The molecule has 4 amide bonds. The molecular weight excluding hydrogens is 484 g/mol. The SMILES string of the molecule is CCc1ccccc1NC(=O)CN1C(=O)N/C(=C/c2cc(C)n(-c3ccc(C(=O)OC)cc3C)c2C)C1=O. The quantitative estimate of drug-likeness (QED) is 0.278. The summed E-state index contributed by atoms with van der Waals surface area (Å²) in [5.74, 6) is -1.44. The molecule has 0 unspecified atom stereocenters. The molecule has 38 heavy (non-hydrogen) atoms. The topological polar surface area (TPSA) is 110 Å². The molecule has 3 aromatic rings. The maximum atomic E-state index is 13.0. The molecule has 0 bridgehead atoms. The van der Waals surface area contributed by atoms with Crippen LogP contribution >= 0.6 is 0 Å². The van der Waals surface area contributed by atoms with E-state index < -0.39 is 30.4 Å². The number of hydrogen-bond donors (Lipinski definition) is 2. The van der Waals surface area contributed by atoms with E-state index in [1.54, 1.807) is 24.3 Å². The Hall–Kier alpha value is -4.66. The molecule has 0 aliphatic carbocycles. The zero-order chi connectivity index (χ0) is 27.6. The molecule has 196 valence electrons. The number of aromatic nitrogens is 1. The minimum absolute atomic E-state index is 0.0924. The van der Waals surface area contributed by atoms with Crippen LogP contribution in [0.2, 0.25) is 0 Å².